The quantitative estimate of drug-likeness (QED) is 0.847. The number of benzene rings is 2. The van der Waals surface area contributed by atoms with Crippen LogP contribution in [-0.4, -0.2) is 23.2 Å². The van der Waals surface area contributed by atoms with Crippen LogP contribution in [0, 0.1) is 0 Å². The molecular formula is C17H21NOS. The number of thioether (sulfide) groups is 1. The molecule has 0 bridgehead atoms. The van der Waals surface area contributed by atoms with E-state index >= 15 is 0 Å². The van der Waals surface area contributed by atoms with Crippen LogP contribution in [0.1, 0.15) is 24.1 Å². The Labute approximate surface area is 125 Å². The smallest absolute Gasteiger partial charge is 0.115 e. The molecule has 0 aliphatic rings. The molecule has 0 saturated carbocycles. The van der Waals surface area contributed by atoms with Gasteiger partial charge in [-0.15, -0.1) is 0 Å². The lowest BCUT2D eigenvalue weighted by atomic mass is 9.98. The first-order chi connectivity index (χ1) is 9.70. The van der Waals surface area contributed by atoms with Gasteiger partial charge in [0.2, 0.25) is 0 Å². The Hall–Kier alpha value is -1.45. The fourth-order valence-electron chi connectivity index (χ4n) is 2.28. The summed E-state index contributed by atoms with van der Waals surface area (Å²) in [7, 11) is 0. The molecule has 0 fully saturated rings. The number of phenols is 1. The largest absolute Gasteiger partial charge is 0.508 e. The Morgan fingerprint density at radius 3 is 2.20 bits per heavy atom. The first kappa shape index (κ1) is 14.9. The van der Waals surface area contributed by atoms with E-state index in [0.717, 1.165) is 5.75 Å². The SMILES string of the molecule is CSCC(C)NC(c1ccccc1)c1ccc(O)cc1. The molecule has 0 aliphatic heterocycles. The minimum Gasteiger partial charge on any atom is -0.508 e. The van der Waals surface area contributed by atoms with Crippen molar-refractivity contribution in [1.82, 2.24) is 5.32 Å². The molecule has 0 amide bonds. The van der Waals surface area contributed by atoms with E-state index in [2.05, 4.69) is 42.8 Å². The van der Waals surface area contributed by atoms with Gasteiger partial charge in [-0.3, -0.25) is 0 Å². The molecule has 3 heteroatoms. The summed E-state index contributed by atoms with van der Waals surface area (Å²) in [6.45, 7) is 2.20. The number of hydrogen-bond acceptors (Lipinski definition) is 3. The normalized spacial score (nSPS) is 13.9. The molecule has 2 nitrogen and oxygen atoms in total. The van der Waals surface area contributed by atoms with Crippen LogP contribution >= 0.6 is 11.8 Å². The molecule has 20 heavy (non-hydrogen) atoms. The van der Waals surface area contributed by atoms with Crippen molar-refractivity contribution in [2.75, 3.05) is 12.0 Å². The monoisotopic (exact) mass is 287 g/mol. The Bertz CT molecular complexity index is 512. The second-order valence-corrected chi connectivity index (χ2v) is 5.87. The summed E-state index contributed by atoms with van der Waals surface area (Å²) in [4.78, 5) is 0. The molecule has 2 rings (SSSR count). The highest BCUT2D eigenvalue weighted by molar-refractivity contribution is 7.98. The third-order valence-electron chi connectivity index (χ3n) is 3.23. The molecule has 2 unspecified atom stereocenters. The topological polar surface area (TPSA) is 32.3 Å². The average Bonchev–Trinajstić information content (AvgIpc) is 2.47. The maximum Gasteiger partial charge on any atom is 0.115 e. The zero-order valence-corrected chi connectivity index (χ0v) is 12.7. The van der Waals surface area contributed by atoms with E-state index in [0.29, 0.717) is 11.8 Å². The van der Waals surface area contributed by atoms with Gasteiger partial charge in [0.15, 0.2) is 0 Å². The fourth-order valence-corrected chi connectivity index (χ4v) is 2.88. The van der Waals surface area contributed by atoms with Crippen LogP contribution in [0.4, 0.5) is 0 Å². The molecule has 2 N–H and O–H groups in total. The van der Waals surface area contributed by atoms with Gasteiger partial charge in [0.1, 0.15) is 5.75 Å². The van der Waals surface area contributed by atoms with Crippen LogP contribution in [0.15, 0.2) is 54.6 Å². The van der Waals surface area contributed by atoms with Crippen LogP contribution < -0.4 is 5.32 Å². The minimum absolute atomic E-state index is 0.152. The van der Waals surface area contributed by atoms with Crippen LogP contribution in [0.5, 0.6) is 5.75 Å². The number of phenolic OH excluding ortho intramolecular Hbond substituents is 1. The maximum absolute atomic E-state index is 9.45. The zero-order chi connectivity index (χ0) is 14.4. The van der Waals surface area contributed by atoms with E-state index in [9.17, 15) is 5.11 Å². The molecule has 0 saturated heterocycles. The molecule has 106 valence electrons. The third-order valence-corrected chi connectivity index (χ3v) is 4.06. The summed E-state index contributed by atoms with van der Waals surface area (Å²) in [5, 5.41) is 13.1. The second kappa shape index (κ2) is 7.36. The van der Waals surface area contributed by atoms with Crippen molar-refractivity contribution < 1.29 is 5.11 Å². The van der Waals surface area contributed by atoms with E-state index in [-0.39, 0.29) is 6.04 Å². The van der Waals surface area contributed by atoms with E-state index in [1.165, 1.54) is 11.1 Å². The van der Waals surface area contributed by atoms with Gasteiger partial charge in [0.05, 0.1) is 6.04 Å². The lowest BCUT2D eigenvalue weighted by Gasteiger charge is -2.24. The Morgan fingerprint density at radius 2 is 1.60 bits per heavy atom. The Balaban J connectivity index is 2.26. The highest BCUT2D eigenvalue weighted by atomic mass is 32.2. The van der Waals surface area contributed by atoms with E-state index < -0.39 is 0 Å². The van der Waals surface area contributed by atoms with Gasteiger partial charge in [-0.1, -0.05) is 42.5 Å². The average molecular weight is 287 g/mol. The fraction of sp³-hybridized carbons (Fsp3) is 0.294. The molecule has 0 heterocycles. The van der Waals surface area contributed by atoms with Crippen molar-refractivity contribution in [3.8, 4) is 5.75 Å². The summed E-state index contributed by atoms with van der Waals surface area (Å²) in [6, 6.07) is 18.4. The first-order valence-electron chi connectivity index (χ1n) is 6.79. The van der Waals surface area contributed by atoms with Crippen LogP contribution in [0.2, 0.25) is 0 Å². The van der Waals surface area contributed by atoms with Gasteiger partial charge in [-0.2, -0.15) is 11.8 Å². The molecule has 0 radical (unpaired) electrons. The summed E-state index contributed by atoms with van der Waals surface area (Å²) < 4.78 is 0. The molecule has 0 aliphatic carbocycles. The number of nitrogens with one attached hydrogen (secondary N) is 1. The predicted octanol–water partition coefficient (Wildman–Crippen LogP) is 3.82. The third kappa shape index (κ3) is 4.02. The highest BCUT2D eigenvalue weighted by Crippen LogP contribution is 2.24. The lowest BCUT2D eigenvalue weighted by Crippen LogP contribution is -2.33. The molecule has 2 aromatic rings. The predicted molar refractivity (Wildman–Crippen MR) is 87.4 cm³/mol. The van der Waals surface area contributed by atoms with E-state index in [1.54, 1.807) is 12.1 Å². The van der Waals surface area contributed by atoms with Gasteiger partial charge in [0.25, 0.3) is 0 Å². The zero-order valence-electron chi connectivity index (χ0n) is 11.9. The van der Waals surface area contributed by atoms with Crippen molar-refractivity contribution >= 4 is 11.8 Å². The van der Waals surface area contributed by atoms with Crippen molar-refractivity contribution in [2.24, 2.45) is 0 Å². The van der Waals surface area contributed by atoms with Crippen LogP contribution in [-0.2, 0) is 0 Å². The molecular weight excluding hydrogens is 266 g/mol. The summed E-state index contributed by atoms with van der Waals surface area (Å²) in [5.41, 5.74) is 2.41. The van der Waals surface area contributed by atoms with Gasteiger partial charge in [0, 0.05) is 11.8 Å². The summed E-state index contributed by atoms with van der Waals surface area (Å²) >= 11 is 1.84. The molecule has 0 spiro atoms. The Kier molecular flexibility index (Phi) is 5.50. The molecule has 2 atom stereocenters. The van der Waals surface area contributed by atoms with E-state index in [1.807, 2.05) is 30.0 Å². The maximum atomic E-state index is 9.45. The first-order valence-corrected chi connectivity index (χ1v) is 8.19. The van der Waals surface area contributed by atoms with Crippen molar-refractivity contribution in [1.29, 1.82) is 0 Å². The van der Waals surface area contributed by atoms with Gasteiger partial charge >= 0.3 is 0 Å². The minimum atomic E-state index is 0.152. The Morgan fingerprint density at radius 1 is 1.00 bits per heavy atom. The standard InChI is InChI=1S/C17H21NOS/c1-13(12-20-2)18-17(14-6-4-3-5-7-14)15-8-10-16(19)11-9-15/h3-11,13,17-19H,12H2,1-2H3. The van der Waals surface area contributed by atoms with Gasteiger partial charge in [-0.25, -0.2) is 0 Å². The number of hydrogen-bond donors (Lipinski definition) is 2. The van der Waals surface area contributed by atoms with Crippen LogP contribution in [0.3, 0.4) is 0 Å². The lowest BCUT2D eigenvalue weighted by molar-refractivity contribution is 0.474. The van der Waals surface area contributed by atoms with Crippen LogP contribution in [0.25, 0.3) is 0 Å². The van der Waals surface area contributed by atoms with Crippen molar-refractivity contribution in [3.05, 3.63) is 65.7 Å². The van der Waals surface area contributed by atoms with Gasteiger partial charge < -0.3 is 10.4 Å². The molecule has 0 aromatic heterocycles. The summed E-state index contributed by atoms with van der Waals surface area (Å²) in [6.07, 6.45) is 2.12. The van der Waals surface area contributed by atoms with E-state index in [4.69, 9.17) is 0 Å². The number of rotatable bonds is 6. The molecule has 2 aromatic carbocycles. The van der Waals surface area contributed by atoms with Crippen molar-refractivity contribution in [3.63, 3.8) is 0 Å². The van der Waals surface area contributed by atoms with Gasteiger partial charge in [-0.05, 0) is 36.4 Å². The summed E-state index contributed by atoms with van der Waals surface area (Å²) in [5.74, 6) is 1.37. The number of aromatic hydroxyl groups is 1. The second-order valence-electron chi connectivity index (χ2n) is 4.96. The highest BCUT2D eigenvalue weighted by Gasteiger charge is 2.16. The van der Waals surface area contributed by atoms with Crippen molar-refractivity contribution in [2.45, 2.75) is 19.0 Å².